The molecule has 0 spiro atoms. The molecule has 0 radical (unpaired) electrons. The number of hydrogen-bond donors (Lipinski definition) is 4. The van der Waals surface area contributed by atoms with E-state index >= 15 is 0 Å². The van der Waals surface area contributed by atoms with Gasteiger partial charge < -0.3 is 5.32 Å². The minimum atomic E-state index is 0.339. The molecule has 3 rings (SSSR count). The summed E-state index contributed by atoms with van der Waals surface area (Å²) in [4.78, 5) is 9.65. The number of thiophene rings is 1. The molecule has 0 aliphatic rings. The lowest BCUT2D eigenvalue weighted by Crippen LogP contribution is -2.12. The van der Waals surface area contributed by atoms with Crippen molar-refractivity contribution >= 4 is 50.1 Å². The van der Waals surface area contributed by atoms with Crippen LogP contribution < -0.4 is 16.6 Å². The zero-order valence-electron chi connectivity index (χ0n) is 9.64. The molecule has 98 valence electrons. The Labute approximate surface area is 120 Å². The summed E-state index contributed by atoms with van der Waals surface area (Å²) in [6, 6.07) is 4.07. The summed E-state index contributed by atoms with van der Waals surface area (Å²) >= 11 is 5.11. The molecule has 3 aromatic heterocycles. The van der Waals surface area contributed by atoms with Crippen molar-refractivity contribution < 1.29 is 0 Å². The number of fused-ring (bicyclic) bond motifs is 1. The maximum atomic E-state index is 5.35. The van der Waals surface area contributed by atoms with Gasteiger partial charge in [0, 0.05) is 4.88 Å². The minimum absolute atomic E-state index is 0.339. The summed E-state index contributed by atoms with van der Waals surface area (Å²) in [5.74, 6) is 6.38. The van der Waals surface area contributed by atoms with Crippen LogP contribution in [0.5, 0.6) is 0 Å². The van der Waals surface area contributed by atoms with Crippen molar-refractivity contribution in [1.82, 2.24) is 20.2 Å². The van der Waals surface area contributed by atoms with Gasteiger partial charge in [0.15, 0.2) is 5.65 Å². The van der Waals surface area contributed by atoms with Gasteiger partial charge in [-0.25, -0.2) is 5.84 Å². The van der Waals surface area contributed by atoms with Crippen molar-refractivity contribution in [3.05, 3.63) is 27.0 Å². The van der Waals surface area contributed by atoms with E-state index in [0.29, 0.717) is 24.0 Å². The van der Waals surface area contributed by atoms with Gasteiger partial charge in [0.05, 0.1) is 21.9 Å². The summed E-state index contributed by atoms with van der Waals surface area (Å²) in [6.45, 7) is 0.678. The molecule has 0 amide bonds. The topological polar surface area (TPSA) is 105 Å². The number of aromatic amines is 1. The predicted molar refractivity (Wildman–Crippen MR) is 78.8 cm³/mol. The van der Waals surface area contributed by atoms with Gasteiger partial charge in [-0.05, 0) is 28.1 Å². The highest BCUT2D eigenvalue weighted by molar-refractivity contribution is 9.11. The molecule has 0 aliphatic heterocycles. The molecule has 0 unspecified atom stereocenters. The number of nitrogen functional groups attached to an aromatic ring is 1. The van der Waals surface area contributed by atoms with Gasteiger partial charge in [-0.2, -0.15) is 15.1 Å². The molecule has 0 atom stereocenters. The lowest BCUT2D eigenvalue weighted by Gasteiger charge is -2.06. The highest BCUT2D eigenvalue weighted by atomic mass is 79.9. The largest absolute Gasteiger partial charge is 0.364 e. The number of aromatic nitrogens is 4. The highest BCUT2D eigenvalue weighted by Gasteiger charge is 2.09. The zero-order valence-corrected chi connectivity index (χ0v) is 12.0. The second kappa shape index (κ2) is 5.11. The molecule has 3 heterocycles. The van der Waals surface area contributed by atoms with Crippen LogP contribution in [-0.4, -0.2) is 20.2 Å². The van der Waals surface area contributed by atoms with Gasteiger partial charge in [0.25, 0.3) is 0 Å². The Morgan fingerprint density at radius 1 is 1.37 bits per heavy atom. The van der Waals surface area contributed by atoms with Gasteiger partial charge in [0.1, 0.15) is 5.82 Å². The lowest BCUT2D eigenvalue weighted by molar-refractivity contribution is 1.07. The SMILES string of the molecule is NNc1nc(NCc2ccc(Br)s2)c2cn[nH]c2n1. The summed E-state index contributed by atoms with van der Waals surface area (Å²) in [5, 5.41) is 10.8. The van der Waals surface area contributed by atoms with E-state index in [1.807, 2.05) is 6.07 Å². The third kappa shape index (κ3) is 2.53. The van der Waals surface area contributed by atoms with Crippen molar-refractivity contribution in [2.75, 3.05) is 10.7 Å². The number of nitrogens with two attached hydrogens (primary N) is 1. The van der Waals surface area contributed by atoms with E-state index in [4.69, 9.17) is 5.84 Å². The Bertz CT molecular complexity index is 707. The van der Waals surface area contributed by atoms with Crippen LogP contribution in [0, 0.1) is 0 Å². The number of hydrazine groups is 1. The second-order valence-corrected chi connectivity index (χ2v) is 6.28. The molecule has 0 bridgehead atoms. The van der Waals surface area contributed by atoms with Crippen LogP contribution in [0.2, 0.25) is 0 Å². The number of rotatable bonds is 4. The van der Waals surface area contributed by atoms with Crippen LogP contribution in [0.1, 0.15) is 4.88 Å². The standard InChI is InChI=1S/C10H10BrN7S/c11-7-2-1-5(19-7)3-13-8-6-4-14-18-9(6)16-10(15-8)17-12/h1-2,4H,3,12H2,(H3,13,14,15,16,17,18). The number of halogens is 1. The van der Waals surface area contributed by atoms with Crippen LogP contribution in [0.25, 0.3) is 11.0 Å². The van der Waals surface area contributed by atoms with Crippen LogP contribution in [0.4, 0.5) is 11.8 Å². The van der Waals surface area contributed by atoms with Crippen LogP contribution in [0.15, 0.2) is 22.1 Å². The third-order valence-corrected chi connectivity index (χ3v) is 4.12. The number of hydrogen-bond acceptors (Lipinski definition) is 7. The van der Waals surface area contributed by atoms with Gasteiger partial charge in [-0.15, -0.1) is 11.3 Å². The fourth-order valence-corrected chi connectivity index (χ4v) is 3.07. The molecule has 19 heavy (non-hydrogen) atoms. The summed E-state index contributed by atoms with van der Waals surface area (Å²) in [5.41, 5.74) is 3.07. The van der Waals surface area contributed by atoms with E-state index in [1.54, 1.807) is 17.5 Å². The van der Waals surface area contributed by atoms with E-state index in [1.165, 1.54) is 4.88 Å². The Hall–Kier alpha value is -1.71. The molecule has 0 saturated heterocycles. The number of nitrogens with one attached hydrogen (secondary N) is 3. The molecule has 0 fully saturated rings. The number of H-pyrrole nitrogens is 1. The van der Waals surface area contributed by atoms with Crippen LogP contribution in [0.3, 0.4) is 0 Å². The summed E-state index contributed by atoms with van der Waals surface area (Å²) < 4.78 is 1.10. The number of anilines is 2. The molecule has 9 heteroatoms. The second-order valence-electron chi connectivity index (χ2n) is 3.73. The van der Waals surface area contributed by atoms with Crippen molar-refractivity contribution in [3.8, 4) is 0 Å². The molecule has 0 saturated carbocycles. The Morgan fingerprint density at radius 2 is 2.26 bits per heavy atom. The minimum Gasteiger partial charge on any atom is -0.364 e. The van der Waals surface area contributed by atoms with Gasteiger partial charge in [0.2, 0.25) is 5.95 Å². The summed E-state index contributed by atoms with van der Waals surface area (Å²) in [7, 11) is 0. The average Bonchev–Trinajstić information content (AvgIpc) is 3.04. The molecule has 0 aromatic carbocycles. The van der Waals surface area contributed by atoms with E-state index < -0.39 is 0 Å². The Kier molecular flexibility index (Phi) is 3.32. The molecule has 7 nitrogen and oxygen atoms in total. The average molecular weight is 340 g/mol. The first-order valence-electron chi connectivity index (χ1n) is 5.42. The monoisotopic (exact) mass is 339 g/mol. The summed E-state index contributed by atoms with van der Waals surface area (Å²) in [6.07, 6.45) is 1.68. The van der Waals surface area contributed by atoms with E-state index in [-0.39, 0.29) is 0 Å². The molecular formula is C10H10BrN7S. The van der Waals surface area contributed by atoms with Crippen molar-refractivity contribution in [1.29, 1.82) is 0 Å². The van der Waals surface area contributed by atoms with E-state index in [2.05, 4.69) is 52.9 Å². The normalized spacial score (nSPS) is 10.8. The van der Waals surface area contributed by atoms with Crippen molar-refractivity contribution in [2.24, 2.45) is 5.84 Å². The Morgan fingerprint density at radius 3 is 3.00 bits per heavy atom. The first kappa shape index (κ1) is 12.3. The van der Waals surface area contributed by atoms with Gasteiger partial charge in [-0.1, -0.05) is 0 Å². The first-order chi connectivity index (χ1) is 9.26. The van der Waals surface area contributed by atoms with Crippen LogP contribution in [-0.2, 0) is 6.54 Å². The van der Waals surface area contributed by atoms with Gasteiger partial charge in [-0.3, -0.25) is 10.5 Å². The fraction of sp³-hybridized carbons (Fsp3) is 0.100. The maximum Gasteiger partial charge on any atom is 0.241 e. The van der Waals surface area contributed by atoms with E-state index in [9.17, 15) is 0 Å². The molecule has 3 aromatic rings. The van der Waals surface area contributed by atoms with Gasteiger partial charge >= 0.3 is 0 Å². The lowest BCUT2D eigenvalue weighted by atomic mass is 10.4. The van der Waals surface area contributed by atoms with Crippen molar-refractivity contribution in [3.63, 3.8) is 0 Å². The quantitative estimate of drug-likeness (QED) is 0.428. The first-order valence-corrected chi connectivity index (χ1v) is 7.03. The fourth-order valence-electron chi connectivity index (χ4n) is 1.65. The Balaban J connectivity index is 1.88. The van der Waals surface area contributed by atoms with Crippen molar-refractivity contribution in [2.45, 2.75) is 6.54 Å². The number of nitrogens with zero attached hydrogens (tertiary/aromatic N) is 3. The highest BCUT2D eigenvalue weighted by Crippen LogP contribution is 2.24. The molecule has 5 N–H and O–H groups in total. The smallest absolute Gasteiger partial charge is 0.241 e. The third-order valence-electron chi connectivity index (χ3n) is 2.50. The zero-order chi connectivity index (χ0) is 13.2. The van der Waals surface area contributed by atoms with Crippen LogP contribution >= 0.6 is 27.3 Å². The molecule has 0 aliphatic carbocycles. The maximum absolute atomic E-state index is 5.35. The van der Waals surface area contributed by atoms with E-state index in [0.717, 1.165) is 9.17 Å². The predicted octanol–water partition coefficient (Wildman–Crippen LogP) is 2.07. The molecular weight excluding hydrogens is 330 g/mol.